The number of aromatic amines is 1. The third-order valence-electron chi connectivity index (χ3n) is 2.91. The maximum Gasteiger partial charge on any atom is 0.291 e. The van der Waals surface area contributed by atoms with Gasteiger partial charge in [-0.1, -0.05) is 6.07 Å². The lowest BCUT2D eigenvalue weighted by molar-refractivity contribution is 0.0950. The monoisotopic (exact) mass is 255 g/mol. The number of aromatic nitrogens is 3. The summed E-state index contributed by atoms with van der Waals surface area (Å²) in [4.78, 5) is 15.7. The highest BCUT2D eigenvalue weighted by molar-refractivity contribution is 5.93. The summed E-state index contributed by atoms with van der Waals surface area (Å²) in [6.07, 6.45) is 7.22. The minimum Gasteiger partial charge on any atom is -0.281 e. The first kappa shape index (κ1) is 11.6. The Morgan fingerprint density at radius 3 is 3.16 bits per heavy atom. The SMILES string of the molecule is O=C(NN=Cc1cccnc1)c1cc(C2CC2)[nH]n1. The number of nitrogens with zero attached hydrogens (tertiary/aromatic N) is 3. The number of hydrogen-bond donors (Lipinski definition) is 2. The Bertz CT molecular complexity index is 601. The van der Waals surface area contributed by atoms with Crippen LogP contribution < -0.4 is 5.43 Å². The number of pyridine rings is 1. The summed E-state index contributed by atoms with van der Waals surface area (Å²) < 4.78 is 0. The van der Waals surface area contributed by atoms with Crippen molar-refractivity contribution in [1.82, 2.24) is 20.6 Å². The van der Waals surface area contributed by atoms with Crippen LogP contribution in [0.5, 0.6) is 0 Å². The van der Waals surface area contributed by atoms with Crippen molar-refractivity contribution < 1.29 is 4.79 Å². The van der Waals surface area contributed by atoms with Gasteiger partial charge in [0.1, 0.15) is 0 Å². The van der Waals surface area contributed by atoms with Crippen molar-refractivity contribution in [3.8, 4) is 0 Å². The van der Waals surface area contributed by atoms with E-state index < -0.39 is 0 Å². The number of amides is 1. The van der Waals surface area contributed by atoms with E-state index in [0.717, 1.165) is 11.3 Å². The van der Waals surface area contributed by atoms with E-state index in [2.05, 4.69) is 25.7 Å². The third-order valence-corrected chi connectivity index (χ3v) is 2.91. The van der Waals surface area contributed by atoms with Gasteiger partial charge in [0.2, 0.25) is 0 Å². The summed E-state index contributed by atoms with van der Waals surface area (Å²) in [6.45, 7) is 0. The van der Waals surface area contributed by atoms with Crippen LogP contribution in [0, 0.1) is 0 Å². The number of hydrazone groups is 1. The molecule has 0 spiro atoms. The van der Waals surface area contributed by atoms with E-state index >= 15 is 0 Å². The highest BCUT2D eigenvalue weighted by Crippen LogP contribution is 2.38. The van der Waals surface area contributed by atoms with Crippen LogP contribution in [0.25, 0.3) is 0 Å². The Kier molecular flexibility index (Phi) is 3.06. The Morgan fingerprint density at radius 1 is 1.53 bits per heavy atom. The molecule has 0 unspecified atom stereocenters. The van der Waals surface area contributed by atoms with Crippen LogP contribution in [0.4, 0.5) is 0 Å². The molecule has 1 aliphatic rings. The normalized spacial score (nSPS) is 14.7. The first-order valence-corrected chi connectivity index (χ1v) is 6.11. The molecule has 1 aliphatic carbocycles. The second kappa shape index (κ2) is 5.01. The van der Waals surface area contributed by atoms with Gasteiger partial charge in [-0.2, -0.15) is 10.2 Å². The molecule has 0 aromatic carbocycles. The van der Waals surface area contributed by atoms with Crippen LogP contribution in [0.15, 0.2) is 35.7 Å². The zero-order valence-electron chi connectivity index (χ0n) is 10.2. The average Bonchev–Trinajstić information content (AvgIpc) is 3.17. The number of nitrogens with one attached hydrogen (secondary N) is 2. The molecule has 19 heavy (non-hydrogen) atoms. The Balaban J connectivity index is 1.59. The van der Waals surface area contributed by atoms with E-state index in [1.54, 1.807) is 30.7 Å². The van der Waals surface area contributed by atoms with Gasteiger partial charge in [-0.05, 0) is 25.0 Å². The standard InChI is InChI=1S/C13H13N5O/c19-13(12-6-11(16-17-12)10-3-4-10)18-15-8-9-2-1-5-14-7-9/h1-2,5-8,10H,3-4H2,(H,16,17)(H,18,19). The Hall–Kier alpha value is -2.50. The number of carbonyl (C=O) groups is 1. The molecule has 1 amide bonds. The molecule has 1 saturated carbocycles. The third kappa shape index (κ3) is 2.85. The Morgan fingerprint density at radius 2 is 2.42 bits per heavy atom. The van der Waals surface area contributed by atoms with Crippen molar-refractivity contribution in [2.75, 3.05) is 0 Å². The van der Waals surface area contributed by atoms with Crippen molar-refractivity contribution >= 4 is 12.1 Å². The molecule has 1 fully saturated rings. The maximum atomic E-state index is 11.8. The van der Waals surface area contributed by atoms with Crippen LogP contribution in [0.1, 0.15) is 40.5 Å². The van der Waals surface area contributed by atoms with Crippen LogP contribution in [-0.2, 0) is 0 Å². The summed E-state index contributed by atoms with van der Waals surface area (Å²) in [7, 11) is 0. The minimum atomic E-state index is -0.316. The second-order valence-electron chi connectivity index (χ2n) is 4.47. The van der Waals surface area contributed by atoms with Crippen LogP contribution >= 0.6 is 0 Å². The number of carbonyl (C=O) groups excluding carboxylic acids is 1. The van der Waals surface area contributed by atoms with Gasteiger partial charge in [0, 0.05) is 29.6 Å². The number of rotatable bonds is 4. The molecule has 96 valence electrons. The van der Waals surface area contributed by atoms with Gasteiger partial charge in [0.05, 0.1) is 6.21 Å². The van der Waals surface area contributed by atoms with Crippen molar-refractivity contribution in [3.05, 3.63) is 47.5 Å². The lowest BCUT2D eigenvalue weighted by Crippen LogP contribution is -2.18. The molecule has 0 radical (unpaired) electrons. The van der Waals surface area contributed by atoms with Gasteiger partial charge in [0.25, 0.3) is 5.91 Å². The van der Waals surface area contributed by atoms with Crippen molar-refractivity contribution in [2.24, 2.45) is 5.10 Å². The second-order valence-corrected chi connectivity index (χ2v) is 4.47. The first-order chi connectivity index (χ1) is 9.33. The molecule has 0 saturated heterocycles. The molecular weight excluding hydrogens is 242 g/mol. The quantitative estimate of drug-likeness (QED) is 0.640. The van der Waals surface area contributed by atoms with E-state index in [0.29, 0.717) is 11.6 Å². The summed E-state index contributed by atoms with van der Waals surface area (Å²) in [5.41, 5.74) is 4.66. The lowest BCUT2D eigenvalue weighted by atomic mass is 10.2. The average molecular weight is 255 g/mol. The van der Waals surface area contributed by atoms with E-state index in [1.165, 1.54) is 12.8 Å². The molecule has 3 rings (SSSR count). The zero-order valence-corrected chi connectivity index (χ0v) is 10.2. The zero-order chi connectivity index (χ0) is 13.1. The van der Waals surface area contributed by atoms with Crippen molar-refractivity contribution in [1.29, 1.82) is 0 Å². The number of H-pyrrole nitrogens is 1. The van der Waals surface area contributed by atoms with Gasteiger partial charge < -0.3 is 0 Å². The predicted molar refractivity (Wildman–Crippen MR) is 69.9 cm³/mol. The number of hydrogen-bond acceptors (Lipinski definition) is 4. The van der Waals surface area contributed by atoms with E-state index in [9.17, 15) is 4.79 Å². The molecule has 2 aromatic heterocycles. The topological polar surface area (TPSA) is 83.0 Å². The summed E-state index contributed by atoms with van der Waals surface area (Å²) in [6, 6.07) is 5.44. The van der Waals surface area contributed by atoms with Crippen LogP contribution in [0.2, 0.25) is 0 Å². The molecule has 6 nitrogen and oxygen atoms in total. The molecule has 0 atom stereocenters. The van der Waals surface area contributed by atoms with E-state index in [4.69, 9.17) is 0 Å². The van der Waals surface area contributed by atoms with Gasteiger partial charge in [0.15, 0.2) is 5.69 Å². The molecule has 2 N–H and O–H groups in total. The minimum absolute atomic E-state index is 0.316. The smallest absolute Gasteiger partial charge is 0.281 e. The largest absolute Gasteiger partial charge is 0.291 e. The first-order valence-electron chi connectivity index (χ1n) is 6.11. The molecule has 0 bridgehead atoms. The van der Waals surface area contributed by atoms with E-state index in [-0.39, 0.29) is 5.91 Å². The van der Waals surface area contributed by atoms with Gasteiger partial charge in [-0.3, -0.25) is 14.9 Å². The van der Waals surface area contributed by atoms with Crippen LogP contribution in [0.3, 0.4) is 0 Å². The predicted octanol–water partition coefficient (Wildman–Crippen LogP) is 1.45. The van der Waals surface area contributed by atoms with Crippen molar-refractivity contribution in [3.63, 3.8) is 0 Å². The fraction of sp³-hybridized carbons (Fsp3) is 0.231. The van der Waals surface area contributed by atoms with E-state index in [1.807, 2.05) is 6.07 Å². The molecule has 6 heteroatoms. The summed E-state index contributed by atoms with van der Waals surface area (Å²) in [5, 5.41) is 10.7. The fourth-order valence-electron chi connectivity index (χ4n) is 1.73. The highest BCUT2D eigenvalue weighted by atomic mass is 16.2. The highest BCUT2D eigenvalue weighted by Gasteiger charge is 2.26. The van der Waals surface area contributed by atoms with Crippen LogP contribution in [-0.4, -0.2) is 27.3 Å². The Labute approximate surface area is 110 Å². The fourth-order valence-corrected chi connectivity index (χ4v) is 1.73. The molecular formula is C13H13N5O. The van der Waals surface area contributed by atoms with Gasteiger partial charge in [-0.15, -0.1) is 0 Å². The summed E-state index contributed by atoms with van der Waals surface area (Å²) in [5.74, 6) is 0.233. The van der Waals surface area contributed by atoms with Crippen molar-refractivity contribution in [2.45, 2.75) is 18.8 Å². The molecule has 2 aromatic rings. The van der Waals surface area contributed by atoms with Gasteiger partial charge >= 0.3 is 0 Å². The van der Waals surface area contributed by atoms with Gasteiger partial charge in [-0.25, -0.2) is 5.43 Å². The lowest BCUT2D eigenvalue weighted by Gasteiger charge is -1.94. The maximum absolute atomic E-state index is 11.8. The molecule has 0 aliphatic heterocycles. The summed E-state index contributed by atoms with van der Waals surface area (Å²) >= 11 is 0. The molecule has 2 heterocycles.